The second-order valence-corrected chi connectivity index (χ2v) is 4.57. The lowest BCUT2D eigenvalue weighted by Gasteiger charge is -2.12. The highest BCUT2D eigenvalue weighted by Crippen LogP contribution is 2.10. The summed E-state index contributed by atoms with van der Waals surface area (Å²) in [5.41, 5.74) is 2.08. The molecule has 1 fully saturated rings. The van der Waals surface area contributed by atoms with Gasteiger partial charge in [-0.05, 0) is 25.0 Å². The molecular weight excluding hydrogens is 244 g/mol. The molecule has 6 nitrogen and oxygen atoms in total. The minimum Gasteiger partial charge on any atom is -0.383 e. The van der Waals surface area contributed by atoms with Gasteiger partial charge in [0.1, 0.15) is 6.04 Å². The van der Waals surface area contributed by atoms with Crippen LogP contribution in [0.25, 0.3) is 0 Å². The zero-order chi connectivity index (χ0) is 13.7. The number of amides is 2. The predicted octanol–water partition coefficient (Wildman–Crippen LogP) is 0.197. The maximum absolute atomic E-state index is 11.7. The van der Waals surface area contributed by atoms with Gasteiger partial charge in [-0.1, -0.05) is 0 Å². The van der Waals surface area contributed by atoms with Crippen molar-refractivity contribution in [2.45, 2.75) is 25.8 Å². The molecule has 0 saturated carbocycles. The van der Waals surface area contributed by atoms with Crippen LogP contribution in [0.5, 0.6) is 0 Å². The van der Waals surface area contributed by atoms with Crippen molar-refractivity contribution in [2.75, 3.05) is 18.4 Å². The van der Waals surface area contributed by atoms with E-state index in [4.69, 9.17) is 0 Å². The first-order valence-corrected chi connectivity index (χ1v) is 6.38. The quantitative estimate of drug-likeness (QED) is 0.662. The number of aromatic nitrogens is 1. The summed E-state index contributed by atoms with van der Waals surface area (Å²) in [5.74, 6) is -0.162. The molecule has 1 saturated heterocycles. The average molecular weight is 262 g/mol. The molecule has 3 N–H and O–H groups in total. The maximum atomic E-state index is 11.7. The number of anilines is 1. The van der Waals surface area contributed by atoms with Gasteiger partial charge in [-0.2, -0.15) is 0 Å². The van der Waals surface area contributed by atoms with E-state index in [1.807, 2.05) is 13.0 Å². The van der Waals surface area contributed by atoms with Crippen molar-refractivity contribution in [2.24, 2.45) is 0 Å². The van der Waals surface area contributed by atoms with Crippen LogP contribution < -0.4 is 16.0 Å². The van der Waals surface area contributed by atoms with E-state index in [0.717, 1.165) is 11.3 Å². The minimum absolute atomic E-state index is 0.0503. The summed E-state index contributed by atoms with van der Waals surface area (Å²) in [4.78, 5) is 26.7. The fourth-order valence-electron chi connectivity index (χ4n) is 1.99. The van der Waals surface area contributed by atoms with Crippen molar-refractivity contribution in [3.8, 4) is 0 Å². The number of carbonyl (C=O) groups excluding carboxylic acids is 2. The molecule has 6 heteroatoms. The molecule has 0 aliphatic carbocycles. The van der Waals surface area contributed by atoms with Crippen molar-refractivity contribution in [3.63, 3.8) is 0 Å². The normalized spacial score (nSPS) is 17.9. The fourth-order valence-corrected chi connectivity index (χ4v) is 1.99. The fraction of sp³-hybridized carbons (Fsp3) is 0.462. The number of rotatable bonds is 5. The third-order valence-corrected chi connectivity index (χ3v) is 3.07. The lowest BCUT2D eigenvalue weighted by atomic mass is 10.2. The molecule has 0 radical (unpaired) electrons. The van der Waals surface area contributed by atoms with Gasteiger partial charge in [0.25, 0.3) is 0 Å². The standard InChI is InChI=1S/C13H18N4O2/c1-9-8-14-5-4-10(9)15-6-7-16-13(19)11-2-3-12(18)17-11/h4-5,8,11H,2-3,6-7H2,1H3,(H,14,15)(H,16,19)(H,17,18). The lowest BCUT2D eigenvalue weighted by molar-refractivity contribution is -0.125. The number of nitrogens with one attached hydrogen (secondary N) is 3. The molecule has 1 aliphatic heterocycles. The third kappa shape index (κ3) is 3.67. The van der Waals surface area contributed by atoms with Crippen LogP contribution in [0.1, 0.15) is 18.4 Å². The number of aryl methyl sites for hydroxylation is 1. The zero-order valence-corrected chi connectivity index (χ0v) is 10.9. The largest absolute Gasteiger partial charge is 0.383 e. The molecule has 0 spiro atoms. The Labute approximate surface area is 112 Å². The Morgan fingerprint density at radius 2 is 2.37 bits per heavy atom. The third-order valence-electron chi connectivity index (χ3n) is 3.07. The molecule has 0 bridgehead atoms. The molecule has 1 aromatic rings. The first-order chi connectivity index (χ1) is 9.16. The van der Waals surface area contributed by atoms with Crippen LogP contribution in [-0.2, 0) is 9.59 Å². The molecular formula is C13H18N4O2. The van der Waals surface area contributed by atoms with E-state index in [1.54, 1.807) is 12.4 Å². The summed E-state index contributed by atoms with van der Waals surface area (Å²) in [7, 11) is 0. The highest BCUT2D eigenvalue weighted by Gasteiger charge is 2.26. The molecule has 1 aromatic heterocycles. The topological polar surface area (TPSA) is 83.1 Å². The van der Waals surface area contributed by atoms with Gasteiger partial charge in [0, 0.05) is 37.6 Å². The Morgan fingerprint density at radius 3 is 3.05 bits per heavy atom. The van der Waals surface area contributed by atoms with Crippen molar-refractivity contribution in [1.82, 2.24) is 15.6 Å². The Morgan fingerprint density at radius 1 is 1.53 bits per heavy atom. The van der Waals surface area contributed by atoms with E-state index in [9.17, 15) is 9.59 Å². The minimum atomic E-state index is -0.366. The van der Waals surface area contributed by atoms with Crippen LogP contribution in [0.3, 0.4) is 0 Å². The van der Waals surface area contributed by atoms with Gasteiger partial charge in [0.15, 0.2) is 0 Å². The summed E-state index contributed by atoms with van der Waals surface area (Å²) in [6, 6.07) is 1.53. The van der Waals surface area contributed by atoms with Crippen LogP contribution >= 0.6 is 0 Å². The van der Waals surface area contributed by atoms with Crippen molar-refractivity contribution < 1.29 is 9.59 Å². The zero-order valence-electron chi connectivity index (χ0n) is 10.9. The summed E-state index contributed by atoms with van der Waals surface area (Å²) in [6.45, 7) is 3.13. The Bertz CT molecular complexity index is 475. The van der Waals surface area contributed by atoms with Crippen LogP contribution in [0.2, 0.25) is 0 Å². The summed E-state index contributed by atoms with van der Waals surface area (Å²) < 4.78 is 0. The number of nitrogens with zero attached hydrogens (tertiary/aromatic N) is 1. The Kier molecular flexibility index (Phi) is 4.33. The van der Waals surface area contributed by atoms with Gasteiger partial charge in [-0.25, -0.2) is 0 Å². The average Bonchev–Trinajstić information content (AvgIpc) is 2.83. The van der Waals surface area contributed by atoms with Crippen molar-refractivity contribution >= 4 is 17.5 Å². The molecule has 0 aromatic carbocycles. The first kappa shape index (κ1) is 13.3. The van der Waals surface area contributed by atoms with Gasteiger partial charge >= 0.3 is 0 Å². The molecule has 1 aliphatic rings. The van der Waals surface area contributed by atoms with Gasteiger partial charge in [-0.15, -0.1) is 0 Å². The maximum Gasteiger partial charge on any atom is 0.242 e. The van der Waals surface area contributed by atoms with E-state index in [0.29, 0.717) is 25.9 Å². The molecule has 2 rings (SSSR count). The van der Waals surface area contributed by atoms with Gasteiger partial charge in [-0.3, -0.25) is 14.6 Å². The molecule has 2 heterocycles. The van der Waals surface area contributed by atoms with Crippen molar-refractivity contribution in [3.05, 3.63) is 24.0 Å². The molecule has 1 atom stereocenters. The second-order valence-electron chi connectivity index (χ2n) is 4.57. The van der Waals surface area contributed by atoms with Gasteiger partial charge < -0.3 is 16.0 Å². The van der Waals surface area contributed by atoms with E-state index in [-0.39, 0.29) is 17.9 Å². The highest BCUT2D eigenvalue weighted by molar-refractivity contribution is 5.90. The molecule has 19 heavy (non-hydrogen) atoms. The van der Waals surface area contributed by atoms with Crippen LogP contribution in [0.15, 0.2) is 18.5 Å². The van der Waals surface area contributed by atoms with Gasteiger partial charge in [0.05, 0.1) is 0 Å². The highest BCUT2D eigenvalue weighted by atomic mass is 16.2. The molecule has 2 amide bonds. The number of carbonyl (C=O) groups is 2. The Hall–Kier alpha value is -2.11. The monoisotopic (exact) mass is 262 g/mol. The number of hydrogen-bond donors (Lipinski definition) is 3. The SMILES string of the molecule is Cc1cnccc1NCCNC(=O)C1CCC(=O)N1. The van der Waals surface area contributed by atoms with E-state index in [1.165, 1.54) is 0 Å². The van der Waals surface area contributed by atoms with E-state index < -0.39 is 0 Å². The smallest absolute Gasteiger partial charge is 0.242 e. The van der Waals surface area contributed by atoms with Crippen LogP contribution in [-0.4, -0.2) is 35.9 Å². The first-order valence-electron chi connectivity index (χ1n) is 6.38. The predicted molar refractivity (Wildman–Crippen MR) is 71.6 cm³/mol. The van der Waals surface area contributed by atoms with Crippen LogP contribution in [0, 0.1) is 6.92 Å². The van der Waals surface area contributed by atoms with Crippen molar-refractivity contribution in [1.29, 1.82) is 0 Å². The number of pyridine rings is 1. The summed E-state index contributed by atoms with van der Waals surface area (Å²) in [6.07, 6.45) is 4.53. The van der Waals surface area contributed by atoms with E-state index >= 15 is 0 Å². The second kappa shape index (κ2) is 6.17. The lowest BCUT2D eigenvalue weighted by Crippen LogP contribution is -2.43. The van der Waals surface area contributed by atoms with E-state index in [2.05, 4.69) is 20.9 Å². The Balaban J connectivity index is 1.68. The molecule has 102 valence electrons. The van der Waals surface area contributed by atoms with Gasteiger partial charge in [0.2, 0.25) is 11.8 Å². The number of hydrogen-bond acceptors (Lipinski definition) is 4. The summed E-state index contributed by atoms with van der Waals surface area (Å²) >= 11 is 0. The summed E-state index contributed by atoms with van der Waals surface area (Å²) in [5, 5.41) is 8.67. The van der Waals surface area contributed by atoms with Crippen LogP contribution in [0.4, 0.5) is 5.69 Å². The molecule has 1 unspecified atom stereocenters.